The lowest BCUT2D eigenvalue weighted by Gasteiger charge is -2.14. The second kappa shape index (κ2) is 7.67. The van der Waals surface area contributed by atoms with Gasteiger partial charge < -0.3 is 4.74 Å². The number of carbonyl (C=O) groups excluding carboxylic acids is 2. The van der Waals surface area contributed by atoms with Crippen molar-refractivity contribution in [2.45, 2.75) is 39.5 Å². The van der Waals surface area contributed by atoms with Crippen LogP contribution in [0.4, 0.5) is 0 Å². The molecule has 0 aliphatic carbocycles. The van der Waals surface area contributed by atoms with Gasteiger partial charge in [0.2, 0.25) is 0 Å². The highest BCUT2D eigenvalue weighted by Crippen LogP contribution is 2.19. The van der Waals surface area contributed by atoms with Gasteiger partial charge in [-0.2, -0.15) is 0 Å². The van der Waals surface area contributed by atoms with E-state index in [9.17, 15) is 9.59 Å². The Labute approximate surface area is 114 Å². The van der Waals surface area contributed by atoms with E-state index in [0.717, 1.165) is 24.8 Å². The number of aryl methyl sites for hydroxylation is 1. The third-order valence-electron chi connectivity index (χ3n) is 3.20. The minimum Gasteiger partial charge on any atom is -0.468 e. The number of pyridine rings is 1. The molecule has 0 bridgehead atoms. The molecule has 104 valence electrons. The highest BCUT2D eigenvalue weighted by Gasteiger charge is 2.28. The van der Waals surface area contributed by atoms with Gasteiger partial charge in [-0.25, -0.2) is 0 Å². The molecular weight excluding hydrogens is 242 g/mol. The third kappa shape index (κ3) is 3.88. The Morgan fingerprint density at radius 1 is 1.37 bits per heavy atom. The van der Waals surface area contributed by atoms with Crippen LogP contribution < -0.4 is 0 Å². The fraction of sp³-hybridized carbons (Fsp3) is 0.533. The van der Waals surface area contributed by atoms with Gasteiger partial charge >= 0.3 is 5.97 Å². The average molecular weight is 263 g/mol. The molecule has 0 fully saturated rings. The van der Waals surface area contributed by atoms with Crippen molar-refractivity contribution in [3.63, 3.8) is 0 Å². The maximum Gasteiger partial charge on any atom is 0.316 e. The number of unbranched alkanes of at least 4 members (excludes halogenated alkanes) is 1. The van der Waals surface area contributed by atoms with Gasteiger partial charge in [0.15, 0.2) is 5.78 Å². The Morgan fingerprint density at radius 3 is 2.68 bits per heavy atom. The van der Waals surface area contributed by atoms with Crippen molar-refractivity contribution in [2.24, 2.45) is 5.92 Å². The molecule has 1 heterocycles. The summed E-state index contributed by atoms with van der Waals surface area (Å²) in [7, 11) is 1.32. The summed E-state index contributed by atoms with van der Waals surface area (Å²) < 4.78 is 4.75. The third-order valence-corrected chi connectivity index (χ3v) is 3.20. The predicted octanol–water partition coefficient (Wildman–Crippen LogP) is 2.81. The Balaban J connectivity index is 3.01. The lowest BCUT2D eigenvalue weighted by atomic mass is 9.90. The van der Waals surface area contributed by atoms with E-state index in [1.54, 1.807) is 18.5 Å². The van der Waals surface area contributed by atoms with Crippen molar-refractivity contribution in [3.05, 3.63) is 29.6 Å². The molecule has 0 saturated carbocycles. The molecule has 19 heavy (non-hydrogen) atoms. The number of ketones is 1. The molecule has 0 aromatic carbocycles. The van der Waals surface area contributed by atoms with Crippen LogP contribution in [0.25, 0.3) is 0 Å². The lowest BCUT2D eigenvalue weighted by Crippen LogP contribution is -2.26. The highest BCUT2D eigenvalue weighted by atomic mass is 16.5. The number of hydrogen-bond donors (Lipinski definition) is 0. The number of carbonyl (C=O) groups is 2. The van der Waals surface area contributed by atoms with Crippen LogP contribution in [0, 0.1) is 5.92 Å². The minimum atomic E-state index is -0.697. The first-order valence-electron chi connectivity index (χ1n) is 6.70. The number of methoxy groups -OCH3 is 1. The molecule has 0 saturated heterocycles. The number of aromatic nitrogens is 1. The van der Waals surface area contributed by atoms with E-state index in [-0.39, 0.29) is 5.78 Å². The van der Waals surface area contributed by atoms with Gasteiger partial charge in [0, 0.05) is 18.0 Å². The standard InChI is InChI=1S/C15H21NO3/c1-4-6-7-13(15(18)19-3)14(17)12-8-9-16-10-11(12)5-2/h8-10,13H,4-7H2,1-3H3. The number of nitrogens with zero attached hydrogens (tertiary/aromatic N) is 1. The van der Waals surface area contributed by atoms with E-state index in [1.165, 1.54) is 7.11 Å². The zero-order valence-corrected chi connectivity index (χ0v) is 11.8. The van der Waals surface area contributed by atoms with E-state index in [4.69, 9.17) is 4.74 Å². The van der Waals surface area contributed by atoms with E-state index in [1.807, 2.05) is 13.8 Å². The molecule has 0 aliphatic rings. The van der Waals surface area contributed by atoms with Crippen molar-refractivity contribution < 1.29 is 14.3 Å². The van der Waals surface area contributed by atoms with Crippen LogP contribution in [0.3, 0.4) is 0 Å². The first-order chi connectivity index (χ1) is 9.15. The molecule has 1 aromatic heterocycles. The van der Waals surface area contributed by atoms with E-state index >= 15 is 0 Å². The molecule has 1 unspecified atom stereocenters. The van der Waals surface area contributed by atoms with Crippen LogP contribution in [-0.2, 0) is 16.0 Å². The predicted molar refractivity (Wildman–Crippen MR) is 73.0 cm³/mol. The van der Waals surface area contributed by atoms with Crippen molar-refractivity contribution in [1.82, 2.24) is 4.98 Å². The molecule has 4 heteroatoms. The smallest absolute Gasteiger partial charge is 0.316 e. The van der Waals surface area contributed by atoms with Crippen LogP contribution in [-0.4, -0.2) is 23.8 Å². The van der Waals surface area contributed by atoms with Crippen LogP contribution in [0.5, 0.6) is 0 Å². The SMILES string of the molecule is CCCCC(C(=O)OC)C(=O)c1ccncc1CC. The van der Waals surface area contributed by atoms with E-state index < -0.39 is 11.9 Å². The maximum atomic E-state index is 12.5. The zero-order chi connectivity index (χ0) is 14.3. The summed E-state index contributed by atoms with van der Waals surface area (Å²) in [6.45, 7) is 4.00. The first kappa shape index (κ1) is 15.3. The summed E-state index contributed by atoms with van der Waals surface area (Å²) in [5, 5.41) is 0. The minimum absolute atomic E-state index is 0.153. The normalized spacial score (nSPS) is 11.9. The topological polar surface area (TPSA) is 56.3 Å². The fourth-order valence-electron chi connectivity index (χ4n) is 2.04. The van der Waals surface area contributed by atoms with Gasteiger partial charge in [-0.1, -0.05) is 26.7 Å². The Hall–Kier alpha value is -1.71. The second-order valence-electron chi connectivity index (χ2n) is 4.47. The summed E-state index contributed by atoms with van der Waals surface area (Å²) in [4.78, 5) is 28.3. The van der Waals surface area contributed by atoms with Crippen LogP contribution in [0.1, 0.15) is 49.0 Å². The van der Waals surface area contributed by atoms with Crippen LogP contribution >= 0.6 is 0 Å². The van der Waals surface area contributed by atoms with Crippen LogP contribution in [0.2, 0.25) is 0 Å². The summed E-state index contributed by atoms with van der Waals surface area (Å²) in [6, 6.07) is 1.68. The zero-order valence-electron chi connectivity index (χ0n) is 11.8. The molecule has 0 aliphatic heterocycles. The Bertz CT molecular complexity index is 443. The number of ether oxygens (including phenoxy) is 1. The summed E-state index contributed by atoms with van der Waals surface area (Å²) in [6.07, 6.45) is 6.29. The van der Waals surface area contributed by atoms with E-state index in [0.29, 0.717) is 12.0 Å². The molecular formula is C15H21NO3. The van der Waals surface area contributed by atoms with Crippen molar-refractivity contribution in [3.8, 4) is 0 Å². The van der Waals surface area contributed by atoms with Crippen LogP contribution in [0.15, 0.2) is 18.5 Å². The van der Waals surface area contributed by atoms with Crippen molar-refractivity contribution in [1.29, 1.82) is 0 Å². The second-order valence-corrected chi connectivity index (χ2v) is 4.47. The van der Waals surface area contributed by atoms with Crippen molar-refractivity contribution in [2.75, 3.05) is 7.11 Å². The molecule has 4 nitrogen and oxygen atoms in total. The summed E-state index contributed by atoms with van der Waals surface area (Å²) >= 11 is 0. The number of rotatable bonds is 7. The molecule has 1 aromatic rings. The van der Waals surface area contributed by atoms with Gasteiger partial charge in [-0.3, -0.25) is 14.6 Å². The first-order valence-corrected chi connectivity index (χ1v) is 6.70. The Kier molecular flexibility index (Phi) is 6.19. The lowest BCUT2D eigenvalue weighted by molar-refractivity contribution is -0.143. The number of hydrogen-bond acceptors (Lipinski definition) is 4. The van der Waals surface area contributed by atoms with E-state index in [2.05, 4.69) is 4.98 Å². The van der Waals surface area contributed by atoms with Gasteiger partial charge in [0.25, 0.3) is 0 Å². The highest BCUT2D eigenvalue weighted by molar-refractivity contribution is 6.09. The molecule has 0 amide bonds. The van der Waals surface area contributed by atoms with Crippen molar-refractivity contribution >= 4 is 11.8 Å². The molecule has 0 spiro atoms. The van der Waals surface area contributed by atoms with Gasteiger partial charge in [-0.15, -0.1) is 0 Å². The Morgan fingerprint density at radius 2 is 2.11 bits per heavy atom. The maximum absolute atomic E-state index is 12.5. The largest absolute Gasteiger partial charge is 0.468 e. The molecule has 1 rings (SSSR count). The molecule has 0 N–H and O–H groups in total. The van der Waals surface area contributed by atoms with Gasteiger partial charge in [0.05, 0.1) is 7.11 Å². The average Bonchev–Trinajstić information content (AvgIpc) is 2.46. The fourth-order valence-corrected chi connectivity index (χ4v) is 2.04. The summed E-state index contributed by atoms with van der Waals surface area (Å²) in [5.41, 5.74) is 1.46. The molecule has 0 radical (unpaired) electrons. The number of esters is 1. The quantitative estimate of drug-likeness (QED) is 0.431. The molecule has 1 atom stereocenters. The van der Waals surface area contributed by atoms with Gasteiger partial charge in [0.1, 0.15) is 5.92 Å². The van der Waals surface area contributed by atoms with Gasteiger partial charge in [-0.05, 0) is 24.5 Å². The monoisotopic (exact) mass is 263 g/mol. The summed E-state index contributed by atoms with van der Waals surface area (Å²) in [5.74, 6) is -1.30. The number of Topliss-reactive ketones (excluding diaryl/α,β-unsaturated/α-hetero) is 1.